The standard InChI is InChI=1S/C11H16F6/c1-4-7-9(12,5-2)6-8(3,10(7,13)14)11(15,16)17/h7H,4-6H2,1-3H3. The van der Waals surface area contributed by atoms with Gasteiger partial charge in [-0.3, -0.25) is 0 Å². The lowest BCUT2D eigenvalue weighted by Gasteiger charge is -2.34. The largest absolute Gasteiger partial charge is 0.400 e. The first-order chi connectivity index (χ1) is 7.46. The minimum atomic E-state index is -5.10. The molecule has 0 amide bonds. The molecule has 3 unspecified atom stereocenters. The highest BCUT2D eigenvalue weighted by Crippen LogP contribution is 2.66. The summed E-state index contributed by atoms with van der Waals surface area (Å²) < 4.78 is 80.3. The van der Waals surface area contributed by atoms with Crippen LogP contribution in [0.4, 0.5) is 26.3 Å². The maximum atomic E-state index is 14.2. The molecule has 1 aliphatic carbocycles. The van der Waals surface area contributed by atoms with E-state index in [1.807, 2.05) is 0 Å². The fraction of sp³-hybridized carbons (Fsp3) is 1.00. The molecule has 0 N–H and O–H groups in total. The van der Waals surface area contributed by atoms with Crippen LogP contribution in [0.2, 0.25) is 0 Å². The second-order valence-corrected chi connectivity index (χ2v) is 4.98. The molecule has 3 atom stereocenters. The average Bonchev–Trinajstić information content (AvgIpc) is 2.31. The summed E-state index contributed by atoms with van der Waals surface area (Å²) >= 11 is 0. The van der Waals surface area contributed by atoms with Crippen molar-refractivity contribution in [1.82, 2.24) is 0 Å². The van der Waals surface area contributed by atoms with Crippen molar-refractivity contribution in [2.24, 2.45) is 11.3 Å². The molecule has 0 aliphatic heterocycles. The zero-order chi connectivity index (χ0) is 13.7. The lowest BCUT2D eigenvalue weighted by molar-refractivity contribution is -0.288. The van der Waals surface area contributed by atoms with Gasteiger partial charge in [-0.15, -0.1) is 0 Å². The Bertz CT molecular complexity index is 297. The van der Waals surface area contributed by atoms with Gasteiger partial charge in [0.05, 0.1) is 5.92 Å². The molecule has 1 fully saturated rings. The SMILES string of the molecule is CCC1C(F)(CC)CC(C)(C(F)(F)F)C1(F)F. The molecule has 17 heavy (non-hydrogen) atoms. The first-order valence-electron chi connectivity index (χ1n) is 5.59. The fourth-order valence-electron chi connectivity index (χ4n) is 2.82. The van der Waals surface area contributed by atoms with Gasteiger partial charge in [-0.2, -0.15) is 13.2 Å². The molecule has 1 aliphatic rings. The lowest BCUT2D eigenvalue weighted by Crippen LogP contribution is -2.48. The van der Waals surface area contributed by atoms with Gasteiger partial charge < -0.3 is 0 Å². The summed E-state index contributed by atoms with van der Waals surface area (Å²) in [5.41, 5.74) is -5.71. The molecule has 1 rings (SSSR count). The van der Waals surface area contributed by atoms with Crippen molar-refractivity contribution in [3.05, 3.63) is 0 Å². The van der Waals surface area contributed by atoms with Gasteiger partial charge in [0.2, 0.25) is 0 Å². The smallest absolute Gasteiger partial charge is 0.243 e. The van der Waals surface area contributed by atoms with E-state index in [1.165, 1.54) is 13.8 Å². The molecular weight excluding hydrogens is 246 g/mol. The van der Waals surface area contributed by atoms with E-state index in [2.05, 4.69) is 0 Å². The van der Waals surface area contributed by atoms with Crippen molar-refractivity contribution in [1.29, 1.82) is 0 Å². The minimum absolute atomic E-state index is 0.303. The highest BCUT2D eigenvalue weighted by molar-refractivity contribution is 5.14. The highest BCUT2D eigenvalue weighted by atomic mass is 19.4. The Hall–Kier alpha value is -0.420. The molecule has 102 valence electrons. The van der Waals surface area contributed by atoms with Crippen LogP contribution in [0.15, 0.2) is 0 Å². The minimum Gasteiger partial charge on any atom is -0.243 e. The van der Waals surface area contributed by atoms with Crippen molar-refractivity contribution >= 4 is 0 Å². The first kappa shape index (κ1) is 14.6. The summed E-state index contributed by atoms with van der Waals surface area (Å²) in [7, 11) is 0. The zero-order valence-electron chi connectivity index (χ0n) is 9.97. The molecular formula is C11H16F6. The summed E-state index contributed by atoms with van der Waals surface area (Å²) in [5, 5.41) is 0. The molecule has 0 aromatic heterocycles. The monoisotopic (exact) mass is 262 g/mol. The quantitative estimate of drug-likeness (QED) is 0.630. The van der Waals surface area contributed by atoms with E-state index in [0.717, 1.165) is 0 Å². The number of alkyl halides is 6. The van der Waals surface area contributed by atoms with Gasteiger partial charge in [-0.25, -0.2) is 13.2 Å². The molecule has 0 nitrogen and oxygen atoms in total. The van der Waals surface area contributed by atoms with Crippen molar-refractivity contribution in [3.63, 3.8) is 0 Å². The zero-order valence-corrected chi connectivity index (χ0v) is 9.97. The second-order valence-electron chi connectivity index (χ2n) is 4.98. The van der Waals surface area contributed by atoms with Crippen LogP contribution in [0.1, 0.15) is 40.0 Å². The Morgan fingerprint density at radius 2 is 1.59 bits per heavy atom. The Morgan fingerprint density at radius 3 is 1.82 bits per heavy atom. The van der Waals surface area contributed by atoms with Crippen LogP contribution in [-0.4, -0.2) is 17.8 Å². The van der Waals surface area contributed by atoms with E-state index >= 15 is 0 Å². The van der Waals surface area contributed by atoms with E-state index in [4.69, 9.17) is 0 Å². The number of hydrogen-bond acceptors (Lipinski definition) is 0. The Labute approximate surface area is 96.4 Å². The van der Waals surface area contributed by atoms with Gasteiger partial charge in [0.1, 0.15) is 11.1 Å². The number of hydrogen-bond donors (Lipinski definition) is 0. The van der Waals surface area contributed by atoms with Gasteiger partial charge in [-0.05, 0) is 19.8 Å². The van der Waals surface area contributed by atoms with E-state index in [-0.39, 0.29) is 12.8 Å². The van der Waals surface area contributed by atoms with Crippen molar-refractivity contribution in [2.45, 2.75) is 57.8 Å². The maximum absolute atomic E-state index is 14.2. The van der Waals surface area contributed by atoms with E-state index in [0.29, 0.717) is 6.92 Å². The lowest BCUT2D eigenvalue weighted by atomic mass is 9.82. The molecule has 0 radical (unpaired) electrons. The van der Waals surface area contributed by atoms with Gasteiger partial charge in [0, 0.05) is 6.42 Å². The molecule has 0 saturated heterocycles. The van der Waals surface area contributed by atoms with Gasteiger partial charge >= 0.3 is 6.18 Å². The average molecular weight is 262 g/mol. The predicted molar refractivity (Wildman–Crippen MR) is 51.6 cm³/mol. The predicted octanol–water partition coefficient (Wildman–Crippen LogP) is 4.74. The fourth-order valence-corrected chi connectivity index (χ4v) is 2.82. The van der Waals surface area contributed by atoms with E-state index in [1.54, 1.807) is 0 Å². The summed E-state index contributed by atoms with van der Waals surface area (Å²) in [5.74, 6) is -5.93. The number of rotatable bonds is 2. The summed E-state index contributed by atoms with van der Waals surface area (Å²) in [6.07, 6.45) is -6.89. The third-order valence-corrected chi connectivity index (χ3v) is 4.07. The van der Waals surface area contributed by atoms with Crippen LogP contribution < -0.4 is 0 Å². The molecule has 0 aromatic carbocycles. The first-order valence-corrected chi connectivity index (χ1v) is 5.59. The van der Waals surface area contributed by atoms with Crippen LogP contribution in [0.5, 0.6) is 0 Å². The molecule has 6 heteroatoms. The van der Waals surface area contributed by atoms with Crippen molar-refractivity contribution in [2.75, 3.05) is 0 Å². The van der Waals surface area contributed by atoms with Crippen LogP contribution in [0.3, 0.4) is 0 Å². The third-order valence-electron chi connectivity index (χ3n) is 4.07. The maximum Gasteiger partial charge on any atom is 0.400 e. The third kappa shape index (κ3) is 1.74. The van der Waals surface area contributed by atoms with E-state index < -0.39 is 35.5 Å². The van der Waals surface area contributed by atoms with Crippen LogP contribution in [0, 0.1) is 11.3 Å². The summed E-state index contributed by atoms with van der Waals surface area (Å²) in [6.45, 7) is 3.03. The summed E-state index contributed by atoms with van der Waals surface area (Å²) in [4.78, 5) is 0. The molecule has 0 spiro atoms. The Kier molecular flexibility index (Phi) is 3.26. The van der Waals surface area contributed by atoms with Gasteiger partial charge in [0.25, 0.3) is 5.92 Å². The molecule has 0 aromatic rings. The Morgan fingerprint density at radius 1 is 1.12 bits per heavy atom. The van der Waals surface area contributed by atoms with Gasteiger partial charge in [-0.1, -0.05) is 13.8 Å². The molecule has 1 saturated carbocycles. The molecule has 0 heterocycles. The van der Waals surface area contributed by atoms with Crippen molar-refractivity contribution in [3.8, 4) is 0 Å². The van der Waals surface area contributed by atoms with E-state index in [9.17, 15) is 26.3 Å². The topological polar surface area (TPSA) is 0 Å². The molecule has 0 bridgehead atoms. The van der Waals surface area contributed by atoms with Crippen LogP contribution >= 0.6 is 0 Å². The number of halogens is 6. The van der Waals surface area contributed by atoms with Crippen LogP contribution in [0.25, 0.3) is 0 Å². The van der Waals surface area contributed by atoms with Gasteiger partial charge in [0.15, 0.2) is 0 Å². The Balaban J connectivity index is 3.31. The van der Waals surface area contributed by atoms with Crippen LogP contribution in [-0.2, 0) is 0 Å². The normalized spacial score (nSPS) is 41.8. The summed E-state index contributed by atoms with van der Waals surface area (Å²) in [6, 6.07) is 0. The second kappa shape index (κ2) is 3.79. The highest BCUT2D eigenvalue weighted by Gasteiger charge is 2.78. The van der Waals surface area contributed by atoms with Crippen molar-refractivity contribution < 1.29 is 26.3 Å².